The summed E-state index contributed by atoms with van der Waals surface area (Å²) < 4.78 is 58.5. The number of hydrogen-bond donors (Lipinski definition) is 16. The Morgan fingerprint density at radius 1 is 0.406 bits per heavy atom. The molecule has 0 aliphatic carbocycles. The molecule has 5 aliphatic heterocycles. The van der Waals surface area contributed by atoms with Gasteiger partial charge in [0, 0.05) is 34.8 Å². The van der Waals surface area contributed by atoms with E-state index in [1.165, 1.54) is 7.11 Å². The lowest BCUT2D eigenvalue weighted by Gasteiger charge is -2.51. The topological polar surface area (TPSA) is 457 Å². The molecule has 0 saturated carbocycles. The molecule has 5 heterocycles. The molecule has 0 spiro atoms. The van der Waals surface area contributed by atoms with Gasteiger partial charge in [-0.1, -0.05) is 0 Å². The van der Waals surface area contributed by atoms with E-state index in [0.29, 0.717) is 0 Å². The fourth-order valence-electron chi connectivity index (χ4n) is 8.89. The van der Waals surface area contributed by atoms with Crippen molar-refractivity contribution >= 4 is 23.6 Å². The number of hydrogen-bond acceptors (Lipinski definition) is 26. The Labute approximate surface area is 394 Å². The van der Waals surface area contributed by atoms with Gasteiger partial charge in [-0.15, -0.1) is 0 Å². The normalized spacial score (nSPS) is 45.0. The van der Waals surface area contributed by atoms with E-state index in [0.717, 1.165) is 27.7 Å². The number of aliphatic hydroxyl groups excluding tert-OH is 11. The third-order valence-electron chi connectivity index (χ3n) is 12.2. The van der Waals surface area contributed by atoms with Gasteiger partial charge in [0.05, 0.1) is 39.1 Å². The van der Waals surface area contributed by atoms with E-state index in [9.17, 15) is 75.3 Å². The number of methoxy groups -OCH3 is 1. The van der Waals surface area contributed by atoms with Crippen LogP contribution in [0.1, 0.15) is 27.7 Å². The molecule has 0 bridgehead atoms. The molecule has 0 unspecified atom stereocenters. The third kappa shape index (κ3) is 13.0. The number of rotatable bonds is 18. The molecule has 25 atom stereocenters. The molecule has 5 saturated heterocycles. The van der Waals surface area contributed by atoms with Crippen LogP contribution < -0.4 is 27.0 Å². The van der Waals surface area contributed by atoms with Crippen LogP contribution >= 0.6 is 0 Å². The number of carbonyl (C=O) groups is 4. The number of ether oxygens (including phenoxy) is 10. The van der Waals surface area contributed by atoms with Gasteiger partial charge in [0.1, 0.15) is 116 Å². The van der Waals surface area contributed by atoms with Crippen molar-refractivity contribution in [1.29, 1.82) is 0 Å². The Morgan fingerprint density at radius 3 is 0.913 bits per heavy atom. The first-order valence-corrected chi connectivity index (χ1v) is 22.0. The second-order valence-corrected chi connectivity index (χ2v) is 17.2. The summed E-state index contributed by atoms with van der Waals surface area (Å²) in [5.41, 5.74) is 6.02. The summed E-state index contributed by atoms with van der Waals surface area (Å²) in [5.74, 6) is -2.88. The fraction of sp³-hybridized carbons (Fsp3) is 0.897. The molecule has 4 amide bonds. The van der Waals surface area contributed by atoms with Gasteiger partial charge in [-0.05, 0) is 0 Å². The quantitative estimate of drug-likeness (QED) is 0.0606. The minimum absolute atomic E-state index is 0.591. The van der Waals surface area contributed by atoms with E-state index >= 15 is 0 Å². The van der Waals surface area contributed by atoms with E-state index in [1.54, 1.807) is 0 Å². The minimum Gasteiger partial charge on any atom is -0.394 e. The van der Waals surface area contributed by atoms with Gasteiger partial charge in [0.15, 0.2) is 31.5 Å². The van der Waals surface area contributed by atoms with Gasteiger partial charge in [-0.2, -0.15) is 0 Å². The van der Waals surface area contributed by atoms with E-state index in [2.05, 4.69) is 21.3 Å². The summed E-state index contributed by atoms with van der Waals surface area (Å²) in [7, 11) is 1.23. The summed E-state index contributed by atoms with van der Waals surface area (Å²) in [6, 6.07) is -7.62. The zero-order chi connectivity index (χ0) is 51.2. The maximum atomic E-state index is 12.6. The highest BCUT2D eigenvalue weighted by Crippen LogP contribution is 2.36. The van der Waals surface area contributed by atoms with Crippen molar-refractivity contribution in [2.24, 2.45) is 5.73 Å². The van der Waals surface area contributed by atoms with E-state index < -0.39 is 210 Å². The Hall–Kier alpha value is -3.00. The van der Waals surface area contributed by atoms with Crippen LogP contribution in [0.2, 0.25) is 0 Å². The summed E-state index contributed by atoms with van der Waals surface area (Å²) >= 11 is 0. The van der Waals surface area contributed by atoms with E-state index in [4.69, 9.17) is 53.1 Å². The Kier molecular flexibility index (Phi) is 20.7. The maximum absolute atomic E-state index is 12.6. The highest BCUT2D eigenvalue weighted by atomic mass is 16.8. The largest absolute Gasteiger partial charge is 0.394 e. The van der Waals surface area contributed by atoms with Gasteiger partial charge in [0.25, 0.3) is 0 Å². The zero-order valence-corrected chi connectivity index (χ0v) is 38.2. The average molecular weight is 1010 g/mol. The van der Waals surface area contributed by atoms with Crippen molar-refractivity contribution in [1.82, 2.24) is 21.3 Å². The third-order valence-corrected chi connectivity index (χ3v) is 12.2. The van der Waals surface area contributed by atoms with Crippen LogP contribution in [-0.2, 0) is 66.5 Å². The molecule has 0 radical (unpaired) electrons. The second kappa shape index (κ2) is 25.1. The standard InChI is InChI=1S/C39H67N5O25/c1-11(50)41-21-27(56)32(16(7-46)62-36(21)60-5)67-38-23(43-13(3)52)29(58)34(18(9-48)64-38)69-39-24(44-14(4)53)30(59)33(19(10-49)65-39)68-37-22(42-12(2)51)28(57)31(17(8-47)63-37)66-35-20(40)26(55)25(54)15(6-45)61-35/h15-39,45-49,54-59H,6-10,40H2,1-5H3,(H,41,50)(H,42,51)(H,43,52)(H,44,53)/t15-,16-,17-,18-,19-,20-,21-,22-,23-,24-,25-,26-,27-,28-,29-,30-,31-,32-,33-,34-,35+,36-,37+,38+,39+/m1/s1. The Bertz CT molecular complexity index is 1690. The molecule has 0 aromatic heterocycles. The molecule has 5 fully saturated rings. The van der Waals surface area contributed by atoms with Crippen LogP contribution in [0, 0.1) is 0 Å². The number of carbonyl (C=O) groups excluding carboxylic acids is 4. The summed E-state index contributed by atoms with van der Waals surface area (Å²) in [5, 5.41) is 129. The SMILES string of the molecule is CO[C@@H]1O[C@H](CO)[C@@H](O[C@@H]2O[C@H](CO)[C@@H](O[C@@H]3O[C@H](CO)[C@@H](O[C@@H]4O[C@H](CO)[C@@H](O[C@@H]5O[C@H](CO)[C@@H](O)[C@H](O)[C@H]5N)[C@H](O)[C@H]4NC(C)=O)[C@H](O)[C@H]3NC(C)=O)[C@H](O)[C@H]2NC(C)=O)[C@H](O)[C@H]1NC(C)=O. The van der Waals surface area contributed by atoms with E-state index in [1.807, 2.05) is 0 Å². The van der Waals surface area contributed by atoms with Gasteiger partial charge >= 0.3 is 0 Å². The summed E-state index contributed by atoms with van der Waals surface area (Å²) in [4.78, 5) is 49.7. The number of amides is 4. The lowest BCUT2D eigenvalue weighted by molar-refractivity contribution is -0.367. The molecule has 5 rings (SSSR count). The maximum Gasteiger partial charge on any atom is 0.217 e. The van der Waals surface area contributed by atoms with E-state index in [-0.39, 0.29) is 0 Å². The van der Waals surface area contributed by atoms with Crippen LogP contribution in [0.3, 0.4) is 0 Å². The molecule has 0 aromatic carbocycles. The molecule has 69 heavy (non-hydrogen) atoms. The molecule has 30 nitrogen and oxygen atoms in total. The number of nitrogens with one attached hydrogen (secondary N) is 4. The van der Waals surface area contributed by atoms with Gasteiger partial charge in [-0.25, -0.2) is 0 Å². The molecular weight excluding hydrogens is 938 g/mol. The Balaban J connectivity index is 1.39. The molecule has 5 aliphatic rings. The Morgan fingerprint density at radius 2 is 0.652 bits per heavy atom. The van der Waals surface area contributed by atoms with Crippen LogP contribution in [0.25, 0.3) is 0 Å². The zero-order valence-electron chi connectivity index (χ0n) is 38.2. The first kappa shape index (κ1) is 56.9. The lowest BCUT2D eigenvalue weighted by atomic mass is 9.93. The number of aliphatic hydroxyl groups is 11. The highest BCUT2D eigenvalue weighted by Gasteiger charge is 2.57. The monoisotopic (exact) mass is 1010 g/mol. The molecular formula is C39H67N5O25. The molecule has 30 heteroatoms. The van der Waals surface area contributed by atoms with Crippen LogP contribution in [0.15, 0.2) is 0 Å². The molecule has 0 aromatic rings. The summed E-state index contributed by atoms with van der Waals surface area (Å²) in [6.45, 7) is 0.00578. The first-order chi connectivity index (χ1) is 32.6. The van der Waals surface area contributed by atoms with Crippen molar-refractivity contribution < 1.29 is 123 Å². The van der Waals surface area contributed by atoms with Crippen molar-refractivity contribution in [3.8, 4) is 0 Å². The fourth-order valence-corrected chi connectivity index (χ4v) is 8.89. The first-order valence-electron chi connectivity index (χ1n) is 22.0. The molecule has 17 N–H and O–H groups in total. The average Bonchev–Trinajstić information content (AvgIpc) is 3.30. The van der Waals surface area contributed by atoms with Gasteiger partial charge in [-0.3, -0.25) is 19.2 Å². The smallest absolute Gasteiger partial charge is 0.217 e. The van der Waals surface area contributed by atoms with Crippen LogP contribution in [0.4, 0.5) is 0 Å². The highest BCUT2D eigenvalue weighted by molar-refractivity contribution is 5.74. The molecule has 398 valence electrons. The van der Waals surface area contributed by atoms with Crippen LogP contribution in [-0.4, -0.2) is 273 Å². The lowest BCUT2D eigenvalue weighted by Crippen LogP contribution is -2.72. The van der Waals surface area contributed by atoms with Gasteiger partial charge in [0.2, 0.25) is 23.6 Å². The predicted octanol–water partition coefficient (Wildman–Crippen LogP) is -10.7. The van der Waals surface area contributed by atoms with Crippen molar-refractivity contribution in [2.45, 2.75) is 181 Å². The second-order valence-electron chi connectivity index (χ2n) is 17.2. The summed E-state index contributed by atoms with van der Waals surface area (Å²) in [6.07, 6.45) is -33.1. The number of nitrogens with two attached hydrogens (primary N) is 1. The predicted molar refractivity (Wildman–Crippen MR) is 220 cm³/mol. The van der Waals surface area contributed by atoms with Crippen molar-refractivity contribution in [3.63, 3.8) is 0 Å². The van der Waals surface area contributed by atoms with Crippen molar-refractivity contribution in [3.05, 3.63) is 0 Å². The van der Waals surface area contributed by atoms with Crippen molar-refractivity contribution in [2.75, 3.05) is 40.1 Å². The van der Waals surface area contributed by atoms with Gasteiger partial charge < -0.3 is 131 Å². The minimum atomic E-state index is -1.96. The van der Waals surface area contributed by atoms with Crippen LogP contribution in [0.5, 0.6) is 0 Å².